The smallest absolute Gasteiger partial charge is 0.0708 e. The zero-order chi connectivity index (χ0) is 20.5. The van der Waals surface area contributed by atoms with Crippen LogP contribution in [0, 0.1) is 6.92 Å². The Morgan fingerprint density at radius 3 is 1.70 bits per heavy atom. The van der Waals surface area contributed by atoms with E-state index in [1.807, 2.05) is 30.5 Å². The van der Waals surface area contributed by atoms with Crippen molar-refractivity contribution in [1.29, 1.82) is 0 Å². The van der Waals surface area contributed by atoms with Crippen molar-refractivity contribution in [1.82, 2.24) is 4.98 Å². The molecule has 0 amide bonds. The number of rotatable bonds is 3. The lowest BCUT2D eigenvalue weighted by Gasteiger charge is -2.08. The molecule has 2 heteroatoms. The highest BCUT2D eigenvalue weighted by atomic mass is 35.5. The minimum absolute atomic E-state index is 0.753. The SMILES string of the molecule is Cc1ccc(-c2ccc3cc(-c4ccc(-c5ccc(Cl)cc5)cc4)cnc3c2)cc1. The van der Waals surface area contributed by atoms with Gasteiger partial charge in [0.1, 0.15) is 0 Å². The Hall–Kier alpha value is -3.42. The lowest BCUT2D eigenvalue weighted by Crippen LogP contribution is -1.86. The van der Waals surface area contributed by atoms with E-state index < -0.39 is 0 Å². The van der Waals surface area contributed by atoms with E-state index in [4.69, 9.17) is 16.6 Å². The summed E-state index contributed by atoms with van der Waals surface area (Å²) in [5, 5.41) is 1.90. The second-order valence-electron chi connectivity index (χ2n) is 7.58. The van der Waals surface area contributed by atoms with Crippen LogP contribution >= 0.6 is 11.6 Å². The van der Waals surface area contributed by atoms with Crippen LogP contribution in [0.1, 0.15) is 5.56 Å². The standard InChI is InChI=1S/C28H20ClN/c1-19-2-4-22(5-3-19)24-10-11-25-16-26(18-30-28(25)17-24)23-8-6-20(7-9-23)21-12-14-27(29)15-13-21/h2-18H,1H3. The summed E-state index contributed by atoms with van der Waals surface area (Å²) in [7, 11) is 0. The highest BCUT2D eigenvalue weighted by Crippen LogP contribution is 2.29. The molecule has 0 fully saturated rings. The van der Waals surface area contributed by atoms with Crippen LogP contribution in [0.25, 0.3) is 44.3 Å². The van der Waals surface area contributed by atoms with E-state index in [2.05, 4.69) is 79.7 Å². The molecule has 5 aromatic rings. The van der Waals surface area contributed by atoms with Gasteiger partial charge in [0.25, 0.3) is 0 Å². The largest absolute Gasteiger partial charge is 0.256 e. The summed E-state index contributed by atoms with van der Waals surface area (Å²) in [6.07, 6.45) is 1.96. The first-order valence-corrected chi connectivity index (χ1v) is 10.4. The highest BCUT2D eigenvalue weighted by molar-refractivity contribution is 6.30. The van der Waals surface area contributed by atoms with Crippen molar-refractivity contribution in [2.75, 3.05) is 0 Å². The molecule has 0 saturated heterocycles. The van der Waals surface area contributed by atoms with Gasteiger partial charge in [0.2, 0.25) is 0 Å². The van der Waals surface area contributed by atoms with Gasteiger partial charge in [-0.15, -0.1) is 0 Å². The molecule has 0 spiro atoms. The van der Waals surface area contributed by atoms with Gasteiger partial charge in [0.05, 0.1) is 5.52 Å². The average molecular weight is 406 g/mol. The van der Waals surface area contributed by atoms with Gasteiger partial charge in [0.15, 0.2) is 0 Å². The minimum Gasteiger partial charge on any atom is -0.256 e. The number of nitrogens with zero attached hydrogens (tertiary/aromatic N) is 1. The van der Waals surface area contributed by atoms with Crippen LogP contribution in [0.4, 0.5) is 0 Å². The molecule has 0 aliphatic rings. The first-order valence-electron chi connectivity index (χ1n) is 9.99. The Morgan fingerprint density at radius 2 is 1.03 bits per heavy atom. The number of benzene rings is 4. The van der Waals surface area contributed by atoms with Gasteiger partial charge in [-0.25, -0.2) is 0 Å². The predicted molar refractivity (Wildman–Crippen MR) is 128 cm³/mol. The van der Waals surface area contributed by atoms with Crippen molar-refractivity contribution in [2.24, 2.45) is 0 Å². The zero-order valence-electron chi connectivity index (χ0n) is 16.6. The van der Waals surface area contributed by atoms with E-state index in [0.29, 0.717) is 0 Å². The van der Waals surface area contributed by atoms with Crippen molar-refractivity contribution in [3.05, 3.63) is 114 Å². The van der Waals surface area contributed by atoms with Crippen molar-refractivity contribution < 1.29 is 0 Å². The van der Waals surface area contributed by atoms with E-state index in [1.165, 1.54) is 22.3 Å². The maximum absolute atomic E-state index is 6.00. The Labute approximate surface area is 181 Å². The van der Waals surface area contributed by atoms with E-state index in [1.54, 1.807) is 0 Å². The van der Waals surface area contributed by atoms with Crippen LogP contribution < -0.4 is 0 Å². The third kappa shape index (κ3) is 3.72. The number of halogens is 1. The number of aryl methyl sites for hydroxylation is 1. The average Bonchev–Trinajstić information content (AvgIpc) is 2.79. The number of hydrogen-bond donors (Lipinski definition) is 0. The van der Waals surface area contributed by atoms with Gasteiger partial charge in [0, 0.05) is 22.2 Å². The van der Waals surface area contributed by atoms with Crippen molar-refractivity contribution in [2.45, 2.75) is 6.92 Å². The first kappa shape index (κ1) is 18.6. The maximum Gasteiger partial charge on any atom is 0.0708 e. The molecule has 144 valence electrons. The molecule has 1 nitrogen and oxygen atoms in total. The van der Waals surface area contributed by atoms with Gasteiger partial charge < -0.3 is 0 Å². The summed E-state index contributed by atoms with van der Waals surface area (Å²) in [5.74, 6) is 0. The van der Waals surface area contributed by atoms with Gasteiger partial charge >= 0.3 is 0 Å². The summed E-state index contributed by atoms with van der Waals surface area (Å²) in [5.41, 5.74) is 9.29. The van der Waals surface area contributed by atoms with E-state index in [-0.39, 0.29) is 0 Å². The normalized spacial score (nSPS) is 11.0. The van der Waals surface area contributed by atoms with Crippen LogP contribution in [-0.4, -0.2) is 4.98 Å². The molecule has 0 aliphatic heterocycles. The molecule has 4 aromatic carbocycles. The molecular formula is C28H20ClN. The molecule has 1 aromatic heterocycles. The molecule has 0 radical (unpaired) electrons. The van der Waals surface area contributed by atoms with Gasteiger partial charge in [-0.05, 0) is 59.0 Å². The first-order chi connectivity index (χ1) is 14.7. The Kier molecular flexibility index (Phi) is 4.82. The summed E-state index contributed by atoms with van der Waals surface area (Å²) in [4.78, 5) is 4.74. The molecule has 0 bridgehead atoms. The number of aromatic nitrogens is 1. The fourth-order valence-corrected chi connectivity index (χ4v) is 3.83. The van der Waals surface area contributed by atoms with Crippen molar-refractivity contribution >= 4 is 22.5 Å². The van der Waals surface area contributed by atoms with Crippen molar-refractivity contribution in [3.63, 3.8) is 0 Å². The Balaban J connectivity index is 1.45. The molecule has 30 heavy (non-hydrogen) atoms. The Morgan fingerprint density at radius 1 is 0.533 bits per heavy atom. The van der Waals surface area contributed by atoms with E-state index in [9.17, 15) is 0 Å². The predicted octanol–water partition coefficient (Wildman–Crippen LogP) is 8.20. The third-order valence-corrected chi connectivity index (χ3v) is 5.72. The van der Waals surface area contributed by atoms with Gasteiger partial charge in [-0.3, -0.25) is 4.98 Å². The summed E-state index contributed by atoms with van der Waals surface area (Å²) in [6, 6.07) is 33.8. The van der Waals surface area contributed by atoms with Crippen LogP contribution in [0.3, 0.4) is 0 Å². The van der Waals surface area contributed by atoms with Crippen LogP contribution in [0.15, 0.2) is 103 Å². The maximum atomic E-state index is 6.00. The lowest BCUT2D eigenvalue weighted by atomic mass is 9.99. The quantitative estimate of drug-likeness (QED) is 0.294. The van der Waals surface area contributed by atoms with Gasteiger partial charge in [-0.2, -0.15) is 0 Å². The number of pyridine rings is 1. The van der Waals surface area contributed by atoms with Crippen LogP contribution in [0.5, 0.6) is 0 Å². The number of hydrogen-bond acceptors (Lipinski definition) is 1. The molecular weight excluding hydrogens is 386 g/mol. The monoisotopic (exact) mass is 405 g/mol. The van der Waals surface area contributed by atoms with E-state index >= 15 is 0 Å². The van der Waals surface area contributed by atoms with Crippen molar-refractivity contribution in [3.8, 4) is 33.4 Å². The fraction of sp³-hybridized carbons (Fsp3) is 0.0357. The molecule has 0 atom stereocenters. The summed E-state index contributed by atoms with van der Waals surface area (Å²) >= 11 is 6.00. The summed E-state index contributed by atoms with van der Waals surface area (Å²) in [6.45, 7) is 2.11. The van der Waals surface area contributed by atoms with E-state index in [0.717, 1.165) is 32.6 Å². The van der Waals surface area contributed by atoms with Crippen LogP contribution in [-0.2, 0) is 0 Å². The minimum atomic E-state index is 0.753. The molecule has 0 saturated carbocycles. The second-order valence-corrected chi connectivity index (χ2v) is 8.02. The Bertz CT molecular complexity index is 1320. The molecule has 1 heterocycles. The molecule has 0 N–H and O–H groups in total. The lowest BCUT2D eigenvalue weighted by molar-refractivity contribution is 1.40. The van der Waals surface area contributed by atoms with Gasteiger partial charge in [-0.1, -0.05) is 90.0 Å². The molecule has 0 unspecified atom stereocenters. The number of fused-ring (bicyclic) bond motifs is 1. The second kappa shape index (κ2) is 7.78. The summed E-state index contributed by atoms with van der Waals surface area (Å²) < 4.78 is 0. The highest BCUT2D eigenvalue weighted by Gasteiger charge is 2.05. The molecule has 0 aliphatic carbocycles. The zero-order valence-corrected chi connectivity index (χ0v) is 17.4. The fourth-order valence-electron chi connectivity index (χ4n) is 3.70. The van der Waals surface area contributed by atoms with Crippen LogP contribution in [0.2, 0.25) is 5.02 Å². The topological polar surface area (TPSA) is 12.9 Å². The third-order valence-electron chi connectivity index (χ3n) is 5.46. The molecule has 5 rings (SSSR count).